The van der Waals surface area contributed by atoms with E-state index in [1.165, 1.54) is 19.2 Å². The second-order valence-corrected chi connectivity index (χ2v) is 8.48. The number of imidazole rings is 1. The Morgan fingerprint density at radius 1 is 1.09 bits per heavy atom. The molecule has 2 aromatic heterocycles. The SMILES string of the molecule is Cc1c(C(=O)N2CCCCC2)nc(-c2ccc(C#N)c(F)c2)n1-c1ccc2nn(C)c(F)c2c1. The van der Waals surface area contributed by atoms with Gasteiger partial charge in [0.1, 0.15) is 23.4 Å². The van der Waals surface area contributed by atoms with Gasteiger partial charge in [-0.25, -0.2) is 14.1 Å². The predicted molar refractivity (Wildman–Crippen MR) is 122 cm³/mol. The molecule has 3 heterocycles. The molecule has 9 heteroatoms. The number of carbonyl (C=O) groups is 1. The Labute approximate surface area is 194 Å². The Hall–Kier alpha value is -4.06. The number of rotatable bonds is 3. The van der Waals surface area contributed by atoms with Crippen molar-refractivity contribution >= 4 is 16.8 Å². The van der Waals surface area contributed by atoms with Crippen LogP contribution in [0.5, 0.6) is 0 Å². The number of benzene rings is 2. The topological polar surface area (TPSA) is 79.7 Å². The zero-order chi connectivity index (χ0) is 24.0. The molecule has 2 aromatic carbocycles. The molecule has 34 heavy (non-hydrogen) atoms. The molecule has 1 saturated heterocycles. The Balaban J connectivity index is 1.71. The van der Waals surface area contributed by atoms with Crippen molar-refractivity contribution in [2.24, 2.45) is 7.05 Å². The first kappa shape index (κ1) is 21.8. The van der Waals surface area contributed by atoms with Gasteiger partial charge in [0.25, 0.3) is 5.91 Å². The maximum atomic E-state index is 14.6. The van der Waals surface area contributed by atoms with Gasteiger partial charge in [-0.05, 0) is 62.6 Å². The van der Waals surface area contributed by atoms with Crippen LogP contribution in [0.2, 0.25) is 0 Å². The van der Waals surface area contributed by atoms with Crippen LogP contribution in [0.25, 0.3) is 28.0 Å². The molecule has 0 saturated carbocycles. The summed E-state index contributed by atoms with van der Waals surface area (Å²) in [5.74, 6) is -1.00. The number of piperidine rings is 1. The first-order valence-corrected chi connectivity index (χ1v) is 11.1. The summed E-state index contributed by atoms with van der Waals surface area (Å²) >= 11 is 0. The largest absolute Gasteiger partial charge is 0.337 e. The number of fused-ring (bicyclic) bond motifs is 1. The highest BCUT2D eigenvalue weighted by Crippen LogP contribution is 2.30. The summed E-state index contributed by atoms with van der Waals surface area (Å²) in [6.45, 7) is 3.11. The van der Waals surface area contributed by atoms with Crippen LogP contribution >= 0.6 is 0 Å². The van der Waals surface area contributed by atoms with E-state index in [0.717, 1.165) is 23.9 Å². The van der Waals surface area contributed by atoms with E-state index in [1.54, 1.807) is 40.7 Å². The van der Waals surface area contributed by atoms with Gasteiger partial charge >= 0.3 is 0 Å². The van der Waals surface area contributed by atoms with Gasteiger partial charge < -0.3 is 4.90 Å². The van der Waals surface area contributed by atoms with Crippen LogP contribution in [0.4, 0.5) is 8.78 Å². The van der Waals surface area contributed by atoms with E-state index < -0.39 is 11.8 Å². The van der Waals surface area contributed by atoms with Gasteiger partial charge in [-0.15, -0.1) is 0 Å². The molecule has 0 N–H and O–H groups in total. The van der Waals surface area contributed by atoms with Gasteiger partial charge in [0.2, 0.25) is 5.95 Å². The van der Waals surface area contributed by atoms with E-state index in [2.05, 4.69) is 10.1 Å². The summed E-state index contributed by atoms with van der Waals surface area (Å²) in [5, 5.41) is 13.6. The minimum Gasteiger partial charge on any atom is -0.337 e. The van der Waals surface area contributed by atoms with Crippen molar-refractivity contribution in [3.8, 4) is 23.1 Å². The molecule has 0 unspecified atom stereocenters. The third-order valence-corrected chi connectivity index (χ3v) is 6.30. The minimum atomic E-state index is -0.676. The lowest BCUT2D eigenvalue weighted by Crippen LogP contribution is -2.36. The summed E-state index contributed by atoms with van der Waals surface area (Å²) in [4.78, 5) is 19.8. The molecule has 4 aromatic rings. The third kappa shape index (κ3) is 3.52. The number of nitrogens with zero attached hydrogens (tertiary/aromatic N) is 6. The van der Waals surface area contributed by atoms with Crippen molar-refractivity contribution in [2.75, 3.05) is 13.1 Å². The molecule has 0 atom stereocenters. The van der Waals surface area contributed by atoms with E-state index >= 15 is 0 Å². The van der Waals surface area contributed by atoms with E-state index in [4.69, 9.17) is 5.26 Å². The number of aryl methyl sites for hydroxylation is 1. The van der Waals surface area contributed by atoms with Crippen LogP contribution in [0.15, 0.2) is 36.4 Å². The van der Waals surface area contributed by atoms with Crippen LogP contribution in [0.1, 0.15) is 41.0 Å². The van der Waals surface area contributed by atoms with Gasteiger partial charge in [0, 0.05) is 31.4 Å². The molecule has 0 radical (unpaired) electrons. The summed E-state index contributed by atoms with van der Waals surface area (Å²) in [5.41, 5.74) is 2.23. The molecule has 7 nitrogen and oxygen atoms in total. The highest BCUT2D eigenvalue weighted by Gasteiger charge is 2.27. The summed E-state index contributed by atoms with van der Waals surface area (Å²) in [6, 6.07) is 11.1. The van der Waals surface area contributed by atoms with Crippen LogP contribution in [-0.2, 0) is 7.05 Å². The monoisotopic (exact) mass is 460 g/mol. The van der Waals surface area contributed by atoms with Gasteiger partial charge in [0.05, 0.1) is 22.2 Å². The van der Waals surface area contributed by atoms with E-state index in [1.807, 2.05) is 6.07 Å². The van der Waals surface area contributed by atoms with Crippen LogP contribution in [0.3, 0.4) is 0 Å². The number of hydrogen-bond acceptors (Lipinski definition) is 4. The first-order chi connectivity index (χ1) is 16.4. The summed E-state index contributed by atoms with van der Waals surface area (Å²) in [6.07, 6.45) is 2.97. The number of halogens is 2. The fourth-order valence-corrected chi connectivity index (χ4v) is 4.50. The zero-order valence-electron chi connectivity index (χ0n) is 18.8. The second kappa shape index (κ2) is 8.37. The van der Waals surface area contributed by atoms with Crippen LogP contribution in [0, 0.1) is 30.0 Å². The van der Waals surface area contributed by atoms with Crippen molar-refractivity contribution in [1.82, 2.24) is 24.2 Å². The lowest BCUT2D eigenvalue weighted by molar-refractivity contribution is 0.0718. The van der Waals surface area contributed by atoms with Crippen LogP contribution < -0.4 is 0 Å². The highest BCUT2D eigenvalue weighted by molar-refractivity contribution is 5.95. The maximum absolute atomic E-state index is 14.6. The Bertz CT molecular complexity index is 1470. The third-order valence-electron chi connectivity index (χ3n) is 6.30. The normalized spacial score (nSPS) is 13.9. The second-order valence-electron chi connectivity index (χ2n) is 8.48. The molecule has 1 aliphatic heterocycles. The smallest absolute Gasteiger partial charge is 0.274 e. The zero-order valence-corrected chi connectivity index (χ0v) is 18.8. The average Bonchev–Trinajstić information content (AvgIpc) is 3.34. The number of hydrogen-bond donors (Lipinski definition) is 0. The van der Waals surface area contributed by atoms with Gasteiger partial charge in [0.15, 0.2) is 0 Å². The van der Waals surface area contributed by atoms with Crippen molar-refractivity contribution < 1.29 is 13.6 Å². The number of nitriles is 1. The fourth-order valence-electron chi connectivity index (χ4n) is 4.50. The highest BCUT2D eigenvalue weighted by atomic mass is 19.1. The number of likely N-dealkylation sites (tertiary alicyclic amines) is 1. The van der Waals surface area contributed by atoms with Crippen LogP contribution in [-0.4, -0.2) is 43.2 Å². The maximum Gasteiger partial charge on any atom is 0.274 e. The molecule has 5 rings (SSSR count). The van der Waals surface area contributed by atoms with Gasteiger partial charge in [-0.2, -0.15) is 14.8 Å². The summed E-state index contributed by atoms with van der Waals surface area (Å²) < 4.78 is 32.0. The van der Waals surface area contributed by atoms with Crippen molar-refractivity contribution in [1.29, 1.82) is 5.26 Å². The lowest BCUT2D eigenvalue weighted by atomic mass is 10.1. The van der Waals surface area contributed by atoms with Crippen molar-refractivity contribution in [2.45, 2.75) is 26.2 Å². The Morgan fingerprint density at radius 3 is 2.56 bits per heavy atom. The number of amides is 1. The first-order valence-electron chi connectivity index (χ1n) is 11.1. The van der Waals surface area contributed by atoms with Gasteiger partial charge in [-0.3, -0.25) is 9.36 Å². The van der Waals surface area contributed by atoms with E-state index in [9.17, 15) is 13.6 Å². The van der Waals surface area contributed by atoms with Gasteiger partial charge in [-0.1, -0.05) is 0 Å². The molecular formula is C25H22F2N6O. The van der Waals surface area contributed by atoms with Crippen molar-refractivity contribution in [3.63, 3.8) is 0 Å². The summed E-state index contributed by atoms with van der Waals surface area (Å²) in [7, 11) is 1.53. The molecule has 1 fully saturated rings. The van der Waals surface area contributed by atoms with E-state index in [-0.39, 0.29) is 17.2 Å². The molecule has 1 amide bonds. The Morgan fingerprint density at radius 2 is 1.85 bits per heavy atom. The Kier molecular flexibility index (Phi) is 5.36. The molecule has 1 aliphatic rings. The fraction of sp³-hybridized carbons (Fsp3) is 0.280. The molecule has 0 bridgehead atoms. The standard InChI is InChI=1S/C25H22F2N6O/c1-15-22(25(34)32-10-4-3-5-11-32)29-24(16-6-7-17(14-28)20(26)12-16)33(15)18-8-9-21-19(13-18)23(27)31(2)30-21/h6-9,12-13H,3-5,10-11H2,1-2H3. The van der Waals surface area contributed by atoms with E-state index in [0.29, 0.717) is 46.8 Å². The molecule has 172 valence electrons. The molecule has 0 aliphatic carbocycles. The average molecular weight is 460 g/mol. The molecule has 0 spiro atoms. The van der Waals surface area contributed by atoms with Crippen molar-refractivity contribution in [3.05, 3.63) is 65.1 Å². The number of carbonyl (C=O) groups excluding carboxylic acids is 1. The predicted octanol–water partition coefficient (Wildman–Crippen LogP) is 4.51. The molecular weight excluding hydrogens is 438 g/mol. The number of aromatic nitrogens is 4. The quantitative estimate of drug-likeness (QED) is 0.451. The minimum absolute atomic E-state index is 0.0814. The lowest BCUT2D eigenvalue weighted by Gasteiger charge is -2.26.